The average Bonchev–Trinajstić information content (AvgIpc) is 3.35. The van der Waals surface area contributed by atoms with Gasteiger partial charge in [0.25, 0.3) is 0 Å². The van der Waals surface area contributed by atoms with Gasteiger partial charge in [0.15, 0.2) is 0 Å². The van der Waals surface area contributed by atoms with Gasteiger partial charge in [0.2, 0.25) is 5.91 Å². The van der Waals surface area contributed by atoms with Gasteiger partial charge >= 0.3 is 0 Å². The summed E-state index contributed by atoms with van der Waals surface area (Å²) in [6.45, 7) is 0.457. The van der Waals surface area contributed by atoms with E-state index in [0.29, 0.717) is 6.54 Å². The molecule has 1 aromatic heterocycles. The lowest BCUT2D eigenvalue weighted by molar-refractivity contribution is -0.123. The molecule has 4 nitrogen and oxygen atoms in total. The molecule has 0 unspecified atom stereocenters. The monoisotopic (exact) mass is 305 g/mol. The number of para-hydroxylation sites is 2. The molecule has 0 atom stereocenters. The van der Waals surface area contributed by atoms with E-state index in [1.165, 1.54) is 0 Å². The number of nitrogens with zero attached hydrogens (tertiary/aromatic N) is 2. The average molecular weight is 305 g/mol. The number of hydrogen-bond donors (Lipinski definition) is 1. The van der Waals surface area contributed by atoms with E-state index in [9.17, 15) is 4.79 Å². The molecule has 0 bridgehead atoms. The molecule has 1 heterocycles. The fraction of sp³-hybridized carbons (Fsp3) is 0.263. The molecule has 3 aromatic rings. The van der Waals surface area contributed by atoms with Crippen molar-refractivity contribution in [3.05, 3.63) is 66.0 Å². The van der Waals surface area contributed by atoms with Crippen molar-refractivity contribution in [3.8, 4) is 0 Å². The highest BCUT2D eigenvalue weighted by Crippen LogP contribution is 2.48. The summed E-state index contributed by atoms with van der Waals surface area (Å²) in [5.74, 6) is 0.985. The molecule has 4 heteroatoms. The second-order valence-corrected chi connectivity index (χ2v) is 6.21. The van der Waals surface area contributed by atoms with E-state index < -0.39 is 0 Å². The van der Waals surface area contributed by atoms with Crippen LogP contribution in [-0.2, 0) is 23.8 Å². The summed E-state index contributed by atoms with van der Waals surface area (Å²) >= 11 is 0. The smallest absolute Gasteiger partial charge is 0.231 e. The van der Waals surface area contributed by atoms with E-state index in [1.807, 2.05) is 66.2 Å². The number of carbonyl (C=O) groups excluding carboxylic acids is 1. The Morgan fingerprint density at radius 1 is 1.13 bits per heavy atom. The predicted molar refractivity (Wildman–Crippen MR) is 89.9 cm³/mol. The standard InChI is InChI=1S/C19H19N3O/c1-22-16-10-6-5-9-15(16)21-17(22)13-20-18(23)19(11-12-19)14-7-3-2-4-8-14/h2-10H,11-13H2,1H3,(H,20,23). The number of rotatable bonds is 4. The normalized spacial score (nSPS) is 15.5. The molecule has 4 rings (SSSR count). The molecular formula is C19H19N3O. The van der Waals surface area contributed by atoms with Gasteiger partial charge in [0, 0.05) is 7.05 Å². The van der Waals surface area contributed by atoms with Gasteiger partial charge in [0.05, 0.1) is 23.0 Å². The van der Waals surface area contributed by atoms with E-state index in [4.69, 9.17) is 0 Å². The van der Waals surface area contributed by atoms with E-state index in [-0.39, 0.29) is 11.3 Å². The first-order chi connectivity index (χ1) is 11.2. The molecule has 23 heavy (non-hydrogen) atoms. The minimum absolute atomic E-state index is 0.107. The number of aryl methyl sites for hydroxylation is 1. The molecule has 1 N–H and O–H groups in total. The van der Waals surface area contributed by atoms with E-state index in [2.05, 4.69) is 10.3 Å². The first kappa shape index (κ1) is 14.0. The Bertz CT molecular complexity index is 863. The van der Waals surface area contributed by atoms with Crippen molar-refractivity contribution in [3.63, 3.8) is 0 Å². The van der Waals surface area contributed by atoms with Crippen LogP contribution in [0.25, 0.3) is 11.0 Å². The van der Waals surface area contributed by atoms with Crippen LogP contribution in [0.1, 0.15) is 24.2 Å². The molecule has 0 radical (unpaired) electrons. The van der Waals surface area contributed by atoms with Crippen LogP contribution in [0.15, 0.2) is 54.6 Å². The Hall–Kier alpha value is -2.62. The Kier molecular flexibility index (Phi) is 3.18. The maximum absolute atomic E-state index is 12.7. The third-order valence-electron chi connectivity index (χ3n) is 4.80. The third-order valence-corrected chi connectivity index (χ3v) is 4.80. The number of benzene rings is 2. The topological polar surface area (TPSA) is 46.9 Å². The Morgan fingerprint density at radius 3 is 2.52 bits per heavy atom. The minimum atomic E-state index is -0.328. The fourth-order valence-corrected chi connectivity index (χ4v) is 3.21. The zero-order valence-electron chi connectivity index (χ0n) is 13.1. The zero-order chi connectivity index (χ0) is 15.9. The lowest BCUT2D eigenvalue weighted by Gasteiger charge is -2.15. The van der Waals surface area contributed by atoms with E-state index in [0.717, 1.165) is 35.3 Å². The lowest BCUT2D eigenvalue weighted by atomic mass is 9.95. The summed E-state index contributed by atoms with van der Waals surface area (Å²) in [4.78, 5) is 17.3. The summed E-state index contributed by atoms with van der Waals surface area (Å²) in [6, 6.07) is 18.1. The van der Waals surface area contributed by atoms with Crippen LogP contribution in [0, 0.1) is 0 Å². The highest BCUT2D eigenvalue weighted by atomic mass is 16.2. The molecule has 1 fully saturated rings. The molecule has 1 saturated carbocycles. The van der Waals surface area contributed by atoms with Gasteiger partial charge in [-0.05, 0) is 30.5 Å². The number of aromatic nitrogens is 2. The Morgan fingerprint density at radius 2 is 1.83 bits per heavy atom. The number of imidazole rings is 1. The molecule has 116 valence electrons. The van der Waals surface area contributed by atoms with Gasteiger partial charge in [-0.1, -0.05) is 42.5 Å². The van der Waals surface area contributed by atoms with Gasteiger partial charge < -0.3 is 9.88 Å². The van der Waals surface area contributed by atoms with Crippen molar-refractivity contribution in [2.24, 2.45) is 7.05 Å². The van der Waals surface area contributed by atoms with Crippen LogP contribution < -0.4 is 5.32 Å². The highest BCUT2D eigenvalue weighted by Gasteiger charge is 2.50. The molecular weight excluding hydrogens is 286 g/mol. The summed E-state index contributed by atoms with van der Waals surface area (Å²) in [6.07, 6.45) is 1.84. The zero-order valence-corrected chi connectivity index (χ0v) is 13.1. The van der Waals surface area contributed by atoms with Crippen molar-refractivity contribution in [1.29, 1.82) is 0 Å². The number of fused-ring (bicyclic) bond motifs is 1. The second kappa shape index (κ2) is 5.23. The molecule has 0 saturated heterocycles. The van der Waals surface area contributed by atoms with Crippen LogP contribution in [-0.4, -0.2) is 15.5 Å². The van der Waals surface area contributed by atoms with Gasteiger partial charge in [-0.15, -0.1) is 0 Å². The Labute approximate surface area is 135 Å². The van der Waals surface area contributed by atoms with Crippen LogP contribution in [0.3, 0.4) is 0 Å². The van der Waals surface area contributed by atoms with E-state index >= 15 is 0 Å². The lowest BCUT2D eigenvalue weighted by Crippen LogP contribution is -2.34. The second-order valence-electron chi connectivity index (χ2n) is 6.21. The van der Waals surface area contributed by atoms with Crippen LogP contribution >= 0.6 is 0 Å². The van der Waals surface area contributed by atoms with Crippen molar-refractivity contribution in [2.75, 3.05) is 0 Å². The first-order valence-electron chi connectivity index (χ1n) is 7.95. The van der Waals surface area contributed by atoms with Gasteiger partial charge in [-0.25, -0.2) is 4.98 Å². The quantitative estimate of drug-likeness (QED) is 0.805. The maximum atomic E-state index is 12.7. The molecule has 1 amide bonds. The van der Waals surface area contributed by atoms with E-state index in [1.54, 1.807) is 0 Å². The van der Waals surface area contributed by atoms with Crippen molar-refractivity contribution >= 4 is 16.9 Å². The van der Waals surface area contributed by atoms with Crippen LogP contribution in [0.5, 0.6) is 0 Å². The van der Waals surface area contributed by atoms with Crippen molar-refractivity contribution in [2.45, 2.75) is 24.8 Å². The number of carbonyl (C=O) groups is 1. The summed E-state index contributed by atoms with van der Waals surface area (Å²) in [5, 5.41) is 3.08. The molecule has 1 aliphatic rings. The van der Waals surface area contributed by atoms with Gasteiger partial charge in [-0.2, -0.15) is 0 Å². The molecule has 0 spiro atoms. The molecule has 0 aliphatic heterocycles. The Balaban J connectivity index is 1.52. The summed E-state index contributed by atoms with van der Waals surface area (Å²) < 4.78 is 2.04. The number of amides is 1. The minimum Gasteiger partial charge on any atom is -0.348 e. The third kappa shape index (κ3) is 2.31. The predicted octanol–water partition coefficient (Wildman–Crippen LogP) is 2.92. The number of hydrogen-bond acceptors (Lipinski definition) is 2. The largest absolute Gasteiger partial charge is 0.348 e. The number of nitrogens with one attached hydrogen (secondary N) is 1. The van der Waals surface area contributed by atoms with Gasteiger partial charge in [-0.3, -0.25) is 4.79 Å². The highest BCUT2D eigenvalue weighted by molar-refractivity contribution is 5.91. The SMILES string of the molecule is Cn1c(CNC(=O)C2(c3ccccc3)CC2)nc2ccccc21. The summed E-state index contributed by atoms with van der Waals surface area (Å²) in [7, 11) is 1.99. The maximum Gasteiger partial charge on any atom is 0.231 e. The van der Waals surface area contributed by atoms with Crippen LogP contribution in [0.2, 0.25) is 0 Å². The summed E-state index contributed by atoms with van der Waals surface area (Å²) in [5.41, 5.74) is 2.83. The van der Waals surface area contributed by atoms with Crippen LogP contribution in [0.4, 0.5) is 0 Å². The van der Waals surface area contributed by atoms with Gasteiger partial charge in [0.1, 0.15) is 5.82 Å². The fourth-order valence-electron chi connectivity index (χ4n) is 3.21. The first-order valence-corrected chi connectivity index (χ1v) is 7.95. The molecule has 2 aromatic carbocycles. The van der Waals surface area contributed by atoms with Crippen molar-refractivity contribution < 1.29 is 4.79 Å². The molecule has 1 aliphatic carbocycles. The van der Waals surface area contributed by atoms with Crippen molar-refractivity contribution in [1.82, 2.24) is 14.9 Å².